The Balaban J connectivity index is 1.86. The highest BCUT2D eigenvalue weighted by Gasteiger charge is 2.27. The summed E-state index contributed by atoms with van der Waals surface area (Å²) in [7, 11) is 1.57. The predicted octanol–water partition coefficient (Wildman–Crippen LogP) is 3.52. The summed E-state index contributed by atoms with van der Waals surface area (Å²) in [4.78, 5) is 24.3. The Morgan fingerprint density at radius 2 is 1.96 bits per heavy atom. The molecule has 2 amide bonds. The van der Waals surface area contributed by atoms with Gasteiger partial charge in [-0.25, -0.2) is 5.48 Å². The number of methoxy groups -OCH3 is 1. The second-order valence-corrected chi connectivity index (χ2v) is 6.98. The van der Waals surface area contributed by atoms with Crippen LogP contribution in [0, 0.1) is 12.8 Å². The lowest BCUT2D eigenvalue weighted by molar-refractivity contribution is -0.133. The predicted molar refractivity (Wildman–Crippen MR) is 103 cm³/mol. The maximum atomic E-state index is 12.6. The minimum atomic E-state index is -0.402. The van der Waals surface area contributed by atoms with Crippen molar-refractivity contribution in [3.05, 3.63) is 57.6 Å². The maximum Gasteiger partial charge on any atom is 0.255 e. The molecule has 1 unspecified atom stereocenters. The number of nitrogens with one attached hydrogen (secondary N) is 2. The van der Waals surface area contributed by atoms with Gasteiger partial charge in [0.1, 0.15) is 5.75 Å². The zero-order chi connectivity index (χ0) is 19.6. The molecule has 7 heteroatoms. The molecule has 1 aliphatic carbocycles. The molecule has 0 aromatic heterocycles. The molecule has 3 rings (SSSR count). The van der Waals surface area contributed by atoms with E-state index in [0.717, 1.165) is 16.7 Å². The van der Waals surface area contributed by atoms with Gasteiger partial charge in [0.15, 0.2) is 0 Å². The molecule has 0 spiro atoms. The lowest BCUT2D eigenvalue weighted by Gasteiger charge is -2.26. The van der Waals surface area contributed by atoms with E-state index in [1.807, 2.05) is 13.0 Å². The average molecular weight is 389 g/mol. The fraction of sp³-hybridized carbons (Fsp3) is 0.300. The molecule has 0 aliphatic heterocycles. The van der Waals surface area contributed by atoms with Gasteiger partial charge in [-0.15, -0.1) is 0 Å². The first-order valence-electron chi connectivity index (χ1n) is 8.64. The number of hydrogen-bond acceptors (Lipinski definition) is 4. The summed E-state index contributed by atoms with van der Waals surface area (Å²) < 4.78 is 5.10. The molecule has 0 saturated heterocycles. The Bertz CT molecular complexity index is 881. The summed E-state index contributed by atoms with van der Waals surface area (Å²) in [6.45, 7) is 1.86. The van der Waals surface area contributed by atoms with Crippen LogP contribution in [0.25, 0.3) is 0 Å². The number of amides is 2. The Labute approximate surface area is 162 Å². The highest BCUT2D eigenvalue weighted by Crippen LogP contribution is 2.37. The van der Waals surface area contributed by atoms with E-state index in [2.05, 4.69) is 5.32 Å². The van der Waals surface area contributed by atoms with Gasteiger partial charge in [-0.2, -0.15) is 0 Å². The number of rotatable bonds is 4. The van der Waals surface area contributed by atoms with E-state index in [-0.39, 0.29) is 11.8 Å². The molecule has 0 heterocycles. The molecule has 1 atom stereocenters. The Kier molecular flexibility index (Phi) is 5.68. The van der Waals surface area contributed by atoms with Gasteiger partial charge in [0.05, 0.1) is 7.11 Å². The zero-order valence-electron chi connectivity index (χ0n) is 15.1. The molecule has 2 aromatic rings. The number of hydroxylamine groups is 1. The number of halogens is 1. The topological polar surface area (TPSA) is 87.7 Å². The highest BCUT2D eigenvalue weighted by molar-refractivity contribution is 6.32. The second kappa shape index (κ2) is 7.98. The molecule has 6 nitrogen and oxygen atoms in total. The smallest absolute Gasteiger partial charge is 0.255 e. The number of anilines is 1. The molecule has 0 radical (unpaired) electrons. The van der Waals surface area contributed by atoms with Crippen LogP contribution in [0.15, 0.2) is 30.3 Å². The number of ether oxygens (including phenoxy) is 1. The maximum absolute atomic E-state index is 12.6. The summed E-state index contributed by atoms with van der Waals surface area (Å²) in [6.07, 6.45) is 1.74. The van der Waals surface area contributed by atoms with Crippen molar-refractivity contribution in [3.63, 3.8) is 0 Å². The third kappa shape index (κ3) is 3.91. The van der Waals surface area contributed by atoms with Crippen LogP contribution in [0.4, 0.5) is 5.69 Å². The van der Waals surface area contributed by atoms with Gasteiger partial charge in [0.2, 0.25) is 5.91 Å². The molecule has 27 heavy (non-hydrogen) atoms. The van der Waals surface area contributed by atoms with E-state index in [1.54, 1.807) is 36.9 Å². The van der Waals surface area contributed by atoms with Gasteiger partial charge < -0.3 is 10.1 Å². The van der Waals surface area contributed by atoms with E-state index in [9.17, 15) is 9.59 Å². The van der Waals surface area contributed by atoms with Gasteiger partial charge in [-0.05, 0) is 73.2 Å². The molecule has 0 fully saturated rings. The van der Waals surface area contributed by atoms with Crippen LogP contribution in [0.2, 0.25) is 5.02 Å². The summed E-state index contributed by atoms with van der Waals surface area (Å²) in [5, 5.41) is 12.4. The van der Waals surface area contributed by atoms with Crippen molar-refractivity contribution in [1.29, 1.82) is 0 Å². The fourth-order valence-corrected chi connectivity index (χ4v) is 3.69. The first kappa shape index (κ1) is 19.2. The van der Waals surface area contributed by atoms with Crippen LogP contribution in [0.1, 0.15) is 33.5 Å². The number of benzene rings is 2. The summed E-state index contributed by atoms with van der Waals surface area (Å²) in [5.41, 5.74) is 5.54. The molecule has 0 bridgehead atoms. The zero-order valence-corrected chi connectivity index (χ0v) is 15.9. The van der Waals surface area contributed by atoms with Crippen LogP contribution in [0.5, 0.6) is 5.75 Å². The van der Waals surface area contributed by atoms with Gasteiger partial charge in [-0.1, -0.05) is 11.6 Å². The number of carbonyl (C=O) groups excluding carboxylic acids is 2. The minimum Gasteiger partial charge on any atom is -0.497 e. The summed E-state index contributed by atoms with van der Waals surface area (Å²) in [6, 6.07) is 8.68. The van der Waals surface area contributed by atoms with E-state index < -0.39 is 5.91 Å². The molecule has 1 aliphatic rings. The minimum absolute atomic E-state index is 0.253. The van der Waals surface area contributed by atoms with Crippen LogP contribution >= 0.6 is 11.6 Å². The number of carbonyl (C=O) groups is 2. The van der Waals surface area contributed by atoms with E-state index >= 15 is 0 Å². The lowest BCUT2D eigenvalue weighted by Crippen LogP contribution is -2.32. The van der Waals surface area contributed by atoms with Crippen LogP contribution in [-0.4, -0.2) is 24.1 Å². The van der Waals surface area contributed by atoms with E-state index in [4.69, 9.17) is 21.5 Å². The van der Waals surface area contributed by atoms with Crippen molar-refractivity contribution in [1.82, 2.24) is 5.48 Å². The van der Waals surface area contributed by atoms with Gasteiger partial charge in [0, 0.05) is 22.2 Å². The SMILES string of the molecule is COc1ccc(C(=O)Nc2cc3c(c(Cl)c2C)CCC(C(=O)NO)C3)cc1. The third-order valence-electron chi connectivity index (χ3n) is 4.99. The van der Waals surface area contributed by atoms with Crippen molar-refractivity contribution in [2.75, 3.05) is 12.4 Å². The summed E-state index contributed by atoms with van der Waals surface area (Å²) >= 11 is 6.53. The normalized spacial score (nSPS) is 15.6. The van der Waals surface area contributed by atoms with Gasteiger partial charge in [-0.3, -0.25) is 14.8 Å². The molecular formula is C20H21ClN2O4. The van der Waals surface area contributed by atoms with Crippen LogP contribution in [-0.2, 0) is 17.6 Å². The number of fused-ring (bicyclic) bond motifs is 1. The second-order valence-electron chi connectivity index (χ2n) is 6.60. The van der Waals surface area contributed by atoms with Gasteiger partial charge in [0.25, 0.3) is 5.91 Å². The van der Waals surface area contributed by atoms with Crippen molar-refractivity contribution in [2.45, 2.75) is 26.2 Å². The van der Waals surface area contributed by atoms with Gasteiger partial charge >= 0.3 is 0 Å². The molecule has 0 saturated carbocycles. The third-order valence-corrected chi connectivity index (χ3v) is 5.51. The number of hydrogen-bond donors (Lipinski definition) is 3. The first-order valence-corrected chi connectivity index (χ1v) is 9.02. The van der Waals surface area contributed by atoms with E-state index in [0.29, 0.717) is 41.3 Å². The average Bonchev–Trinajstić information content (AvgIpc) is 2.70. The molecular weight excluding hydrogens is 368 g/mol. The van der Waals surface area contributed by atoms with Crippen molar-refractivity contribution >= 4 is 29.1 Å². The van der Waals surface area contributed by atoms with Crippen LogP contribution < -0.4 is 15.5 Å². The van der Waals surface area contributed by atoms with Crippen molar-refractivity contribution in [3.8, 4) is 5.75 Å². The van der Waals surface area contributed by atoms with Crippen molar-refractivity contribution in [2.24, 2.45) is 5.92 Å². The highest BCUT2D eigenvalue weighted by atomic mass is 35.5. The quantitative estimate of drug-likeness (QED) is 0.552. The molecule has 142 valence electrons. The van der Waals surface area contributed by atoms with E-state index in [1.165, 1.54) is 0 Å². The molecule has 3 N–H and O–H groups in total. The van der Waals surface area contributed by atoms with Crippen molar-refractivity contribution < 1.29 is 19.5 Å². The van der Waals surface area contributed by atoms with Crippen LogP contribution in [0.3, 0.4) is 0 Å². The monoisotopic (exact) mass is 388 g/mol. The summed E-state index contributed by atoms with van der Waals surface area (Å²) in [5.74, 6) is -0.294. The Morgan fingerprint density at radius 1 is 1.26 bits per heavy atom. The molecule has 2 aromatic carbocycles. The largest absolute Gasteiger partial charge is 0.497 e. The lowest BCUT2D eigenvalue weighted by atomic mass is 9.82. The Morgan fingerprint density at radius 3 is 2.59 bits per heavy atom. The standard InChI is InChI=1S/C20H21ClN2O4/c1-11-17(22-19(24)12-3-6-15(27-2)7-4-12)10-14-9-13(20(25)23-26)5-8-16(14)18(11)21/h3-4,6-7,10,13,26H,5,8-9H2,1-2H3,(H,22,24)(H,23,25). The fourth-order valence-electron chi connectivity index (χ4n) is 3.38. The first-order chi connectivity index (χ1) is 12.9. The Hall–Kier alpha value is -2.57.